The number of aliphatic hydroxyl groups is 3. The molecule has 1 rings (SSSR count). The first-order chi connectivity index (χ1) is 8.12. The summed E-state index contributed by atoms with van der Waals surface area (Å²) in [6.07, 6.45) is 2.09. The van der Waals surface area contributed by atoms with Crippen molar-refractivity contribution in [2.24, 2.45) is 0 Å². The fourth-order valence-corrected chi connectivity index (χ4v) is 1.71. The normalized spacial score (nSPS) is 16.0. The molecule has 6 nitrogen and oxygen atoms in total. The van der Waals surface area contributed by atoms with E-state index in [1.807, 2.05) is 6.92 Å². The molecule has 0 aromatic carbocycles. The van der Waals surface area contributed by atoms with Crippen molar-refractivity contribution in [1.82, 2.24) is 10.2 Å². The molecule has 17 heavy (non-hydrogen) atoms. The molecule has 1 saturated carbocycles. The Morgan fingerprint density at radius 3 is 2.18 bits per heavy atom. The lowest BCUT2D eigenvalue weighted by Gasteiger charge is -2.30. The lowest BCUT2D eigenvalue weighted by atomic mass is 10.0. The smallest absolute Gasteiger partial charge is 0.236 e. The Labute approximate surface area is 101 Å². The van der Waals surface area contributed by atoms with Gasteiger partial charge in [0.1, 0.15) is 0 Å². The minimum absolute atomic E-state index is 0.0199. The Kier molecular flexibility index (Phi) is 5.32. The number of rotatable bonds is 8. The summed E-state index contributed by atoms with van der Waals surface area (Å²) in [6, 6.07) is 0.348. The maximum absolute atomic E-state index is 11.9. The number of carbonyl (C=O) groups is 1. The molecule has 1 aliphatic carbocycles. The van der Waals surface area contributed by atoms with E-state index >= 15 is 0 Å². The highest BCUT2D eigenvalue weighted by molar-refractivity contribution is 5.79. The minimum atomic E-state index is -1.18. The van der Waals surface area contributed by atoms with E-state index in [2.05, 4.69) is 5.32 Å². The largest absolute Gasteiger partial charge is 0.394 e. The second kappa shape index (κ2) is 6.30. The maximum Gasteiger partial charge on any atom is 0.236 e. The van der Waals surface area contributed by atoms with Crippen LogP contribution in [0.3, 0.4) is 0 Å². The molecule has 0 saturated heterocycles. The third kappa shape index (κ3) is 3.64. The van der Waals surface area contributed by atoms with E-state index in [1.165, 1.54) is 0 Å². The van der Waals surface area contributed by atoms with Gasteiger partial charge in [-0.25, -0.2) is 0 Å². The van der Waals surface area contributed by atoms with Gasteiger partial charge in [0.05, 0.1) is 31.9 Å². The molecule has 1 aliphatic rings. The Bertz CT molecular complexity index is 244. The Hall–Kier alpha value is -0.690. The predicted octanol–water partition coefficient (Wildman–Crippen LogP) is -1.70. The third-order valence-electron chi connectivity index (χ3n) is 3.17. The summed E-state index contributed by atoms with van der Waals surface area (Å²) in [7, 11) is 0. The molecule has 0 heterocycles. The zero-order valence-electron chi connectivity index (χ0n) is 10.2. The molecule has 100 valence electrons. The number of nitrogens with one attached hydrogen (secondary N) is 1. The number of amides is 1. The first kappa shape index (κ1) is 14.4. The number of hydrogen-bond acceptors (Lipinski definition) is 5. The molecule has 0 aromatic heterocycles. The van der Waals surface area contributed by atoms with Crippen LogP contribution < -0.4 is 5.32 Å². The fraction of sp³-hybridized carbons (Fsp3) is 0.909. The van der Waals surface area contributed by atoms with Crippen LogP contribution in [-0.2, 0) is 4.79 Å². The van der Waals surface area contributed by atoms with E-state index in [9.17, 15) is 4.79 Å². The molecule has 0 radical (unpaired) electrons. The number of hydrogen-bond donors (Lipinski definition) is 4. The van der Waals surface area contributed by atoms with Gasteiger partial charge in [-0.05, 0) is 19.8 Å². The van der Waals surface area contributed by atoms with Gasteiger partial charge in [0, 0.05) is 12.6 Å². The van der Waals surface area contributed by atoms with Crippen molar-refractivity contribution in [2.75, 3.05) is 32.9 Å². The molecule has 0 aromatic rings. The molecule has 0 spiro atoms. The quantitative estimate of drug-likeness (QED) is 0.410. The molecular weight excluding hydrogens is 224 g/mol. The average Bonchev–Trinajstić information content (AvgIpc) is 3.17. The van der Waals surface area contributed by atoms with Gasteiger partial charge in [-0.2, -0.15) is 0 Å². The number of carbonyl (C=O) groups excluding carboxylic acids is 1. The highest BCUT2D eigenvalue weighted by atomic mass is 16.3. The Morgan fingerprint density at radius 2 is 1.82 bits per heavy atom. The molecule has 0 aliphatic heterocycles. The van der Waals surface area contributed by atoms with E-state index in [0.29, 0.717) is 12.6 Å². The summed E-state index contributed by atoms with van der Waals surface area (Å²) in [5.74, 6) is -0.0604. The van der Waals surface area contributed by atoms with E-state index in [-0.39, 0.29) is 12.5 Å². The molecule has 0 unspecified atom stereocenters. The molecule has 6 heteroatoms. The number of aliphatic hydroxyl groups excluding tert-OH is 3. The van der Waals surface area contributed by atoms with Crippen LogP contribution in [0.5, 0.6) is 0 Å². The SMILES string of the molecule is CCN(C(=O)CNC(CO)(CO)CO)C1CC1. The van der Waals surface area contributed by atoms with Gasteiger partial charge in [0.25, 0.3) is 0 Å². The lowest BCUT2D eigenvalue weighted by molar-refractivity contribution is -0.131. The van der Waals surface area contributed by atoms with E-state index in [1.54, 1.807) is 4.90 Å². The standard InChI is InChI=1S/C11H22N2O4/c1-2-13(9-3-4-9)10(17)5-12-11(6-14,7-15)8-16/h9,12,14-16H,2-8H2,1H3. The lowest BCUT2D eigenvalue weighted by Crippen LogP contribution is -2.57. The van der Waals surface area contributed by atoms with Gasteiger partial charge in [-0.1, -0.05) is 0 Å². The van der Waals surface area contributed by atoms with Crippen molar-refractivity contribution in [3.63, 3.8) is 0 Å². The molecule has 0 atom stereocenters. The highest BCUT2D eigenvalue weighted by Crippen LogP contribution is 2.26. The van der Waals surface area contributed by atoms with Gasteiger partial charge in [0.15, 0.2) is 0 Å². The van der Waals surface area contributed by atoms with Crippen molar-refractivity contribution in [2.45, 2.75) is 31.3 Å². The molecule has 1 amide bonds. The first-order valence-electron chi connectivity index (χ1n) is 5.99. The second-order valence-corrected chi connectivity index (χ2v) is 4.52. The zero-order valence-corrected chi connectivity index (χ0v) is 10.2. The van der Waals surface area contributed by atoms with Gasteiger partial charge in [-0.3, -0.25) is 10.1 Å². The van der Waals surface area contributed by atoms with Crippen LogP contribution >= 0.6 is 0 Å². The number of likely N-dealkylation sites (N-methyl/N-ethyl adjacent to an activating group) is 1. The maximum atomic E-state index is 11.9. The fourth-order valence-electron chi connectivity index (χ4n) is 1.71. The zero-order chi connectivity index (χ0) is 12.9. The first-order valence-corrected chi connectivity index (χ1v) is 5.99. The van der Waals surface area contributed by atoms with Crippen molar-refractivity contribution >= 4 is 5.91 Å². The molecule has 4 N–H and O–H groups in total. The van der Waals surface area contributed by atoms with Gasteiger partial charge in [0.2, 0.25) is 5.91 Å². The van der Waals surface area contributed by atoms with Gasteiger partial charge < -0.3 is 20.2 Å². The summed E-state index contributed by atoms with van der Waals surface area (Å²) in [5.41, 5.74) is -1.18. The molecular formula is C11H22N2O4. The van der Waals surface area contributed by atoms with Crippen LogP contribution in [0, 0.1) is 0 Å². The summed E-state index contributed by atoms with van der Waals surface area (Å²) >= 11 is 0. The molecule has 1 fully saturated rings. The van der Waals surface area contributed by atoms with Crippen molar-refractivity contribution in [1.29, 1.82) is 0 Å². The van der Waals surface area contributed by atoms with E-state index < -0.39 is 25.4 Å². The Balaban J connectivity index is 2.44. The Morgan fingerprint density at radius 1 is 1.29 bits per heavy atom. The predicted molar refractivity (Wildman–Crippen MR) is 62.4 cm³/mol. The second-order valence-electron chi connectivity index (χ2n) is 4.52. The monoisotopic (exact) mass is 246 g/mol. The van der Waals surface area contributed by atoms with Crippen molar-refractivity contribution in [3.8, 4) is 0 Å². The topological polar surface area (TPSA) is 93.0 Å². The third-order valence-corrected chi connectivity index (χ3v) is 3.17. The summed E-state index contributed by atoms with van der Waals surface area (Å²) in [4.78, 5) is 13.7. The van der Waals surface area contributed by atoms with Crippen LogP contribution in [0.1, 0.15) is 19.8 Å². The van der Waals surface area contributed by atoms with Gasteiger partial charge >= 0.3 is 0 Å². The summed E-state index contributed by atoms with van der Waals surface area (Å²) < 4.78 is 0. The van der Waals surface area contributed by atoms with E-state index in [4.69, 9.17) is 15.3 Å². The van der Waals surface area contributed by atoms with Crippen molar-refractivity contribution < 1.29 is 20.1 Å². The number of nitrogens with zero attached hydrogens (tertiary/aromatic N) is 1. The van der Waals surface area contributed by atoms with Crippen LogP contribution in [0.15, 0.2) is 0 Å². The van der Waals surface area contributed by atoms with Gasteiger partial charge in [-0.15, -0.1) is 0 Å². The van der Waals surface area contributed by atoms with Crippen LogP contribution in [0.2, 0.25) is 0 Å². The highest BCUT2D eigenvalue weighted by Gasteiger charge is 2.33. The van der Waals surface area contributed by atoms with Crippen LogP contribution in [0.25, 0.3) is 0 Å². The minimum Gasteiger partial charge on any atom is -0.394 e. The van der Waals surface area contributed by atoms with E-state index in [0.717, 1.165) is 12.8 Å². The average molecular weight is 246 g/mol. The molecule has 0 bridgehead atoms. The summed E-state index contributed by atoms with van der Waals surface area (Å²) in [6.45, 7) is 1.36. The van der Waals surface area contributed by atoms with Crippen LogP contribution in [0.4, 0.5) is 0 Å². The summed E-state index contributed by atoms with van der Waals surface area (Å²) in [5, 5.41) is 30.0. The van der Waals surface area contributed by atoms with Crippen LogP contribution in [-0.4, -0.2) is 70.6 Å². The van der Waals surface area contributed by atoms with Crippen molar-refractivity contribution in [3.05, 3.63) is 0 Å².